The predicted octanol–water partition coefficient (Wildman–Crippen LogP) is 3.61. The van der Waals surface area contributed by atoms with Crippen LogP contribution in [0.25, 0.3) is 0 Å². The molecule has 22 heavy (non-hydrogen) atoms. The first-order valence-corrected chi connectivity index (χ1v) is 7.55. The van der Waals surface area contributed by atoms with E-state index in [4.69, 9.17) is 0 Å². The Kier molecular flexibility index (Phi) is 4.35. The van der Waals surface area contributed by atoms with Crippen molar-refractivity contribution in [3.05, 3.63) is 89.5 Å². The molecular weight excluding hydrogens is 270 g/mol. The second-order valence-corrected chi connectivity index (χ2v) is 5.61. The summed E-state index contributed by atoms with van der Waals surface area (Å²) >= 11 is 0. The topological polar surface area (TPSA) is 29.9 Å². The molecule has 0 saturated heterocycles. The third-order valence-corrected chi connectivity index (χ3v) is 3.88. The molecule has 0 fully saturated rings. The third-order valence-electron chi connectivity index (χ3n) is 3.88. The molecule has 3 heteroatoms. The van der Waals surface area contributed by atoms with Gasteiger partial charge in [-0.05, 0) is 18.1 Å². The lowest BCUT2D eigenvalue weighted by atomic mass is 10.1. The Labute approximate surface area is 131 Å². The molecule has 0 aliphatic carbocycles. The van der Waals surface area contributed by atoms with Gasteiger partial charge in [0.05, 0.1) is 6.04 Å². The Morgan fingerprint density at radius 3 is 2.41 bits per heavy atom. The average molecular weight is 291 g/mol. The molecule has 112 valence electrons. The minimum Gasteiger partial charge on any atom is -0.336 e. The van der Waals surface area contributed by atoms with Gasteiger partial charge in [-0.2, -0.15) is 0 Å². The van der Waals surface area contributed by atoms with Gasteiger partial charge < -0.3 is 4.57 Å². The Bertz CT molecular complexity index is 714. The second kappa shape index (κ2) is 6.58. The van der Waals surface area contributed by atoms with Crippen molar-refractivity contribution in [2.45, 2.75) is 19.5 Å². The van der Waals surface area contributed by atoms with Crippen molar-refractivity contribution in [2.24, 2.45) is 7.05 Å². The Morgan fingerprint density at radius 1 is 1.05 bits per heavy atom. The van der Waals surface area contributed by atoms with Crippen LogP contribution in [0.2, 0.25) is 0 Å². The summed E-state index contributed by atoms with van der Waals surface area (Å²) in [5.74, 6) is 1.03. The Morgan fingerprint density at radius 2 is 1.77 bits per heavy atom. The van der Waals surface area contributed by atoms with Gasteiger partial charge in [-0.3, -0.25) is 5.32 Å². The van der Waals surface area contributed by atoms with Gasteiger partial charge in [0.2, 0.25) is 0 Å². The number of nitrogens with zero attached hydrogens (tertiary/aromatic N) is 2. The molecule has 0 amide bonds. The molecule has 0 unspecified atom stereocenters. The van der Waals surface area contributed by atoms with Crippen molar-refractivity contribution in [3.63, 3.8) is 0 Å². The molecule has 1 atom stereocenters. The molecular formula is C19H21N3. The molecule has 1 heterocycles. The van der Waals surface area contributed by atoms with Gasteiger partial charge in [0.1, 0.15) is 5.82 Å². The Hall–Kier alpha value is -2.39. The maximum Gasteiger partial charge on any atom is 0.130 e. The fourth-order valence-corrected chi connectivity index (χ4v) is 2.58. The van der Waals surface area contributed by atoms with Crippen LogP contribution < -0.4 is 5.32 Å². The Balaban J connectivity index is 1.83. The van der Waals surface area contributed by atoms with E-state index in [-0.39, 0.29) is 6.04 Å². The minimum atomic E-state index is 0.0857. The zero-order chi connectivity index (χ0) is 15.4. The first kappa shape index (κ1) is 14.5. The van der Waals surface area contributed by atoms with Crippen LogP contribution in [-0.4, -0.2) is 9.55 Å². The summed E-state index contributed by atoms with van der Waals surface area (Å²) < 4.78 is 2.07. The number of rotatable bonds is 5. The lowest BCUT2D eigenvalue weighted by Crippen LogP contribution is -2.24. The first-order valence-electron chi connectivity index (χ1n) is 7.55. The molecule has 0 aliphatic rings. The van der Waals surface area contributed by atoms with Gasteiger partial charge >= 0.3 is 0 Å². The summed E-state index contributed by atoms with van der Waals surface area (Å²) in [7, 11) is 2.03. The van der Waals surface area contributed by atoms with Gasteiger partial charge in [0.15, 0.2) is 0 Å². The molecule has 1 aromatic heterocycles. The van der Waals surface area contributed by atoms with Crippen LogP contribution in [0.3, 0.4) is 0 Å². The molecule has 3 nitrogen and oxygen atoms in total. The smallest absolute Gasteiger partial charge is 0.130 e. The number of hydrogen-bond donors (Lipinski definition) is 1. The molecule has 0 radical (unpaired) electrons. The summed E-state index contributed by atoms with van der Waals surface area (Å²) in [4.78, 5) is 4.52. The van der Waals surface area contributed by atoms with E-state index in [1.165, 1.54) is 16.7 Å². The van der Waals surface area contributed by atoms with E-state index in [1.807, 2.05) is 25.5 Å². The summed E-state index contributed by atoms with van der Waals surface area (Å²) in [6.45, 7) is 2.92. The molecule has 1 N–H and O–H groups in total. The van der Waals surface area contributed by atoms with Crippen LogP contribution in [0.5, 0.6) is 0 Å². The van der Waals surface area contributed by atoms with Crippen molar-refractivity contribution in [1.82, 2.24) is 14.9 Å². The van der Waals surface area contributed by atoms with Crippen LogP contribution in [0.4, 0.5) is 0 Å². The largest absolute Gasteiger partial charge is 0.336 e. The predicted molar refractivity (Wildman–Crippen MR) is 89.5 cm³/mol. The average Bonchev–Trinajstić information content (AvgIpc) is 2.97. The highest BCUT2D eigenvalue weighted by molar-refractivity contribution is 5.26. The van der Waals surface area contributed by atoms with E-state index < -0.39 is 0 Å². The maximum absolute atomic E-state index is 4.52. The van der Waals surface area contributed by atoms with Crippen LogP contribution in [0.15, 0.2) is 67.0 Å². The summed E-state index contributed by atoms with van der Waals surface area (Å²) in [6.07, 6.45) is 3.83. The maximum atomic E-state index is 4.52. The summed E-state index contributed by atoms with van der Waals surface area (Å²) in [6, 6.07) is 19.2. The lowest BCUT2D eigenvalue weighted by Gasteiger charge is -2.19. The molecule has 0 aliphatic heterocycles. The zero-order valence-corrected chi connectivity index (χ0v) is 13.0. The summed E-state index contributed by atoms with van der Waals surface area (Å²) in [5, 5.41) is 3.63. The number of hydrogen-bond acceptors (Lipinski definition) is 2. The number of imidazole rings is 1. The van der Waals surface area contributed by atoms with Crippen molar-refractivity contribution in [2.75, 3.05) is 0 Å². The minimum absolute atomic E-state index is 0.0857. The molecule has 3 rings (SSSR count). The first-order chi connectivity index (χ1) is 10.7. The fourth-order valence-electron chi connectivity index (χ4n) is 2.58. The fraction of sp³-hybridized carbons (Fsp3) is 0.211. The van der Waals surface area contributed by atoms with Crippen LogP contribution in [0, 0.1) is 6.92 Å². The van der Waals surface area contributed by atoms with Crippen molar-refractivity contribution < 1.29 is 0 Å². The van der Waals surface area contributed by atoms with Gasteiger partial charge in [0.25, 0.3) is 0 Å². The third kappa shape index (κ3) is 3.26. The highest BCUT2D eigenvalue weighted by Gasteiger charge is 2.17. The normalized spacial score (nSPS) is 12.3. The highest BCUT2D eigenvalue weighted by atomic mass is 15.1. The lowest BCUT2D eigenvalue weighted by molar-refractivity contribution is 0.558. The van der Waals surface area contributed by atoms with Crippen LogP contribution >= 0.6 is 0 Å². The number of nitrogens with one attached hydrogen (secondary N) is 1. The quantitative estimate of drug-likeness (QED) is 0.778. The van der Waals surface area contributed by atoms with Gasteiger partial charge in [-0.15, -0.1) is 0 Å². The summed E-state index contributed by atoms with van der Waals surface area (Å²) in [5.41, 5.74) is 3.79. The standard InChI is InChI=1S/C19H21N3/c1-15-8-10-16(11-9-15)14-21-18(17-6-4-3-5-7-17)19-20-12-13-22(19)2/h3-13,18,21H,14H2,1-2H3/t18-/m0/s1. The van der Waals surface area contributed by atoms with Gasteiger partial charge in [-0.1, -0.05) is 60.2 Å². The number of benzene rings is 2. The number of aryl methyl sites for hydroxylation is 2. The molecule has 0 bridgehead atoms. The van der Waals surface area contributed by atoms with E-state index in [2.05, 4.69) is 70.3 Å². The second-order valence-electron chi connectivity index (χ2n) is 5.61. The zero-order valence-electron chi connectivity index (χ0n) is 13.0. The number of aromatic nitrogens is 2. The molecule has 2 aromatic carbocycles. The van der Waals surface area contributed by atoms with E-state index in [9.17, 15) is 0 Å². The van der Waals surface area contributed by atoms with Gasteiger partial charge in [0, 0.05) is 26.0 Å². The van der Waals surface area contributed by atoms with Crippen molar-refractivity contribution in [3.8, 4) is 0 Å². The SMILES string of the molecule is Cc1ccc(CN[C@@H](c2ccccc2)c2nccn2C)cc1. The highest BCUT2D eigenvalue weighted by Crippen LogP contribution is 2.20. The van der Waals surface area contributed by atoms with Crippen LogP contribution in [0.1, 0.15) is 28.6 Å². The van der Waals surface area contributed by atoms with Crippen molar-refractivity contribution in [1.29, 1.82) is 0 Å². The monoisotopic (exact) mass is 291 g/mol. The van der Waals surface area contributed by atoms with E-state index in [0.717, 1.165) is 12.4 Å². The molecule has 0 spiro atoms. The van der Waals surface area contributed by atoms with Crippen LogP contribution in [-0.2, 0) is 13.6 Å². The molecule has 0 saturated carbocycles. The van der Waals surface area contributed by atoms with E-state index in [0.29, 0.717) is 0 Å². The van der Waals surface area contributed by atoms with Gasteiger partial charge in [-0.25, -0.2) is 4.98 Å². The van der Waals surface area contributed by atoms with E-state index >= 15 is 0 Å². The van der Waals surface area contributed by atoms with Crippen molar-refractivity contribution >= 4 is 0 Å². The van der Waals surface area contributed by atoms with E-state index in [1.54, 1.807) is 0 Å². The molecule has 3 aromatic rings.